The summed E-state index contributed by atoms with van der Waals surface area (Å²) >= 11 is 4.93. The van der Waals surface area contributed by atoms with Gasteiger partial charge in [0, 0.05) is 22.1 Å². The van der Waals surface area contributed by atoms with Gasteiger partial charge in [-0.1, -0.05) is 6.07 Å². The second kappa shape index (κ2) is 9.51. The van der Waals surface area contributed by atoms with Crippen molar-refractivity contribution in [3.63, 3.8) is 0 Å². The van der Waals surface area contributed by atoms with E-state index in [1.807, 2.05) is 34.5 Å². The van der Waals surface area contributed by atoms with Crippen LogP contribution in [0.15, 0.2) is 40.3 Å². The Labute approximate surface area is 161 Å². The molecule has 3 heterocycles. The predicted molar refractivity (Wildman–Crippen MR) is 104 cm³/mol. The molecule has 2 aromatic heterocycles. The van der Waals surface area contributed by atoms with Crippen LogP contribution >= 0.6 is 39.7 Å². The van der Waals surface area contributed by atoms with Gasteiger partial charge in [-0.15, -0.1) is 23.7 Å². The first-order valence-electron chi connectivity index (χ1n) is 7.89. The molecule has 4 nitrogen and oxygen atoms in total. The van der Waals surface area contributed by atoms with Crippen molar-refractivity contribution in [1.82, 2.24) is 15.2 Å². The number of rotatable bonds is 4. The molecule has 1 saturated heterocycles. The first-order valence-corrected chi connectivity index (χ1v) is 9.57. The molecule has 3 rings (SSSR count). The molecule has 1 aliphatic heterocycles. The van der Waals surface area contributed by atoms with Gasteiger partial charge in [0.25, 0.3) is 5.91 Å². The molecule has 1 unspecified atom stereocenters. The Morgan fingerprint density at radius 1 is 1.38 bits per heavy atom. The number of aromatic nitrogens is 1. The minimum Gasteiger partial charge on any atom is -0.329 e. The summed E-state index contributed by atoms with van der Waals surface area (Å²) in [6.45, 7) is 2.57. The lowest BCUT2D eigenvalue weighted by Gasteiger charge is -2.30. The maximum atomic E-state index is 13.0. The molecule has 130 valence electrons. The van der Waals surface area contributed by atoms with Crippen LogP contribution in [0.1, 0.15) is 34.6 Å². The largest absolute Gasteiger partial charge is 0.329 e. The molecule has 7 heteroatoms. The third-order valence-corrected chi connectivity index (χ3v) is 5.76. The fraction of sp³-hybridized carbons (Fsp3) is 0.412. The van der Waals surface area contributed by atoms with E-state index in [1.165, 1.54) is 11.3 Å². The molecule has 1 N–H and O–H groups in total. The van der Waals surface area contributed by atoms with E-state index in [2.05, 4.69) is 26.2 Å². The number of nitrogens with zero attached hydrogens (tertiary/aromatic N) is 2. The van der Waals surface area contributed by atoms with Crippen LogP contribution in [-0.2, 0) is 6.54 Å². The lowest BCUT2D eigenvalue weighted by atomic mass is 10.1. The van der Waals surface area contributed by atoms with Crippen molar-refractivity contribution in [1.29, 1.82) is 0 Å². The molecule has 0 aliphatic carbocycles. The first kappa shape index (κ1) is 19.4. The standard InChI is InChI=1S/C17H20BrN3OS.ClH/c18-13-10-16(23-12-13)17(22)21(11-14-4-1-2-8-20-14)15-5-3-7-19-9-6-15;/h1-2,4,8,10,12,15,19H,3,5-7,9,11H2;1H. The summed E-state index contributed by atoms with van der Waals surface area (Å²) in [5.74, 6) is 0.109. The average molecular weight is 431 g/mol. The minimum atomic E-state index is 0. The topological polar surface area (TPSA) is 45.2 Å². The molecule has 2 aromatic rings. The second-order valence-electron chi connectivity index (χ2n) is 5.72. The highest BCUT2D eigenvalue weighted by molar-refractivity contribution is 9.10. The van der Waals surface area contributed by atoms with Gasteiger partial charge in [-0.2, -0.15) is 0 Å². The number of thiophene rings is 1. The van der Waals surface area contributed by atoms with Crippen LogP contribution in [0.3, 0.4) is 0 Å². The van der Waals surface area contributed by atoms with Gasteiger partial charge in [-0.25, -0.2) is 0 Å². The highest BCUT2D eigenvalue weighted by Gasteiger charge is 2.26. The lowest BCUT2D eigenvalue weighted by molar-refractivity contribution is 0.0647. The fourth-order valence-corrected chi connectivity index (χ4v) is 4.29. The summed E-state index contributed by atoms with van der Waals surface area (Å²) in [4.78, 5) is 20.2. The van der Waals surface area contributed by atoms with E-state index < -0.39 is 0 Å². The number of hydrogen-bond acceptors (Lipinski definition) is 4. The zero-order chi connectivity index (χ0) is 16.1. The van der Waals surface area contributed by atoms with Crippen molar-refractivity contribution in [3.8, 4) is 0 Å². The number of halogens is 2. The number of amides is 1. The van der Waals surface area contributed by atoms with Gasteiger partial charge in [-0.05, 0) is 66.5 Å². The molecule has 0 radical (unpaired) electrons. The fourth-order valence-electron chi connectivity index (χ4n) is 2.91. The molecule has 0 spiro atoms. The maximum absolute atomic E-state index is 13.0. The van der Waals surface area contributed by atoms with E-state index in [1.54, 1.807) is 6.20 Å². The molecule has 0 aromatic carbocycles. The molecular formula is C17H21BrClN3OS. The van der Waals surface area contributed by atoms with Crippen LogP contribution in [0.2, 0.25) is 0 Å². The Bertz CT molecular complexity index is 644. The molecular weight excluding hydrogens is 410 g/mol. The van der Waals surface area contributed by atoms with E-state index >= 15 is 0 Å². The quantitative estimate of drug-likeness (QED) is 0.794. The number of pyridine rings is 1. The van der Waals surface area contributed by atoms with Gasteiger partial charge in [-0.3, -0.25) is 9.78 Å². The zero-order valence-electron chi connectivity index (χ0n) is 13.3. The maximum Gasteiger partial charge on any atom is 0.264 e. The predicted octanol–water partition coefficient (Wildman–Crippen LogP) is 4.11. The van der Waals surface area contributed by atoms with Crippen LogP contribution in [0.4, 0.5) is 0 Å². The second-order valence-corrected chi connectivity index (χ2v) is 7.54. The highest BCUT2D eigenvalue weighted by atomic mass is 79.9. The van der Waals surface area contributed by atoms with Crippen molar-refractivity contribution in [3.05, 3.63) is 50.9 Å². The van der Waals surface area contributed by atoms with Crippen molar-refractivity contribution in [2.24, 2.45) is 0 Å². The third kappa shape index (κ3) is 5.02. The Hall–Kier alpha value is -0.950. The summed E-state index contributed by atoms with van der Waals surface area (Å²) in [5, 5.41) is 5.38. The van der Waals surface area contributed by atoms with Crippen molar-refractivity contribution >= 4 is 45.6 Å². The molecule has 24 heavy (non-hydrogen) atoms. The summed E-state index contributed by atoms with van der Waals surface area (Å²) in [6, 6.07) is 8.04. The van der Waals surface area contributed by atoms with E-state index in [4.69, 9.17) is 0 Å². The SMILES string of the molecule is Cl.O=C(c1cc(Br)cs1)N(Cc1ccccn1)C1CCCNCC1. The Morgan fingerprint density at radius 2 is 2.25 bits per heavy atom. The summed E-state index contributed by atoms with van der Waals surface area (Å²) in [7, 11) is 0. The Morgan fingerprint density at radius 3 is 2.96 bits per heavy atom. The number of nitrogens with one attached hydrogen (secondary N) is 1. The van der Waals surface area contributed by atoms with E-state index in [0.717, 1.165) is 47.4 Å². The third-order valence-electron chi connectivity index (χ3n) is 4.08. The van der Waals surface area contributed by atoms with Crippen LogP contribution in [0.5, 0.6) is 0 Å². The van der Waals surface area contributed by atoms with Gasteiger partial charge >= 0.3 is 0 Å². The lowest BCUT2D eigenvalue weighted by Crippen LogP contribution is -2.40. The van der Waals surface area contributed by atoms with Gasteiger partial charge in [0.1, 0.15) is 0 Å². The van der Waals surface area contributed by atoms with E-state index in [9.17, 15) is 4.79 Å². The van der Waals surface area contributed by atoms with E-state index in [0.29, 0.717) is 6.54 Å². The Kier molecular flexibility index (Phi) is 7.68. The summed E-state index contributed by atoms with van der Waals surface area (Å²) in [6.07, 6.45) is 4.92. The monoisotopic (exact) mass is 429 g/mol. The molecule has 1 fully saturated rings. The van der Waals surface area contributed by atoms with Gasteiger partial charge in [0.05, 0.1) is 17.1 Å². The molecule has 1 aliphatic rings. The van der Waals surface area contributed by atoms with Crippen LogP contribution < -0.4 is 5.32 Å². The molecule has 0 saturated carbocycles. The number of hydrogen-bond donors (Lipinski definition) is 1. The van der Waals surface area contributed by atoms with Gasteiger partial charge in [0.15, 0.2) is 0 Å². The van der Waals surface area contributed by atoms with Crippen molar-refractivity contribution < 1.29 is 4.79 Å². The van der Waals surface area contributed by atoms with E-state index in [-0.39, 0.29) is 24.4 Å². The van der Waals surface area contributed by atoms with Gasteiger partial charge in [0.2, 0.25) is 0 Å². The summed E-state index contributed by atoms with van der Waals surface area (Å²) in [5.41, 5.74) is 0.939. The smallest absolute Gasteiger partial charge is 0.264 e. The van der Waals surface area contributed by atoms with Crippen LogP contribution in [0.25, 0.3) is 0 Å². The van der Waals surface area contributed by atoms with Crippen LogP contribution in [-0.4, -0.2) is 34.9 Å². The van der Waals surface area contributed by atoms with Crippen LogP contribution in [0, 0.1) is 0 Å². The first-order chi connectivity index (χ1) is 11.2. The Balaban J connectivity index is 0.00000208. The molecule has 0 bridgehead atoms. The number of carbonyl (C=O) groups is 1. The normalized spacial score (nSPS) is 17.6. The molecule has 1 atom stereocenters. The molecule has 1 amide bonds. The van der Waals surface area contributed by atoms with Crippen molar-refractivity contribution in [2.45, 2.75) is 31.8 Å². The zero-order valence-corrected chi connectivity index (χ0v) is 16.5. The summed E-state index contributed by atoms with van der Waals surface area (Å²) < 4.78 is 0.964. The minimum absolute atomic E-state index is 0. The van der Waals surface area contributed by atoms with Crippen molar-refractivity contribution in [2.75, 3.05) is 13.1 Å². The van der Waals surface area contributed by atoms with Gasteiger partial charge < -0.3 is 10.2 Å². The average Bonchev–Trinajstić information content (AvgIpc) is 2.84. The highest BCUT2D eigenvalue weighted by Crippen LogP contribution is 2.25. The number of carbonyl (C=O) groups excluding carboxylic acids is 1.